The lowest BCUT2D eigenvalue weighted by molar-refractivity contribution is 0.285. The van der Waals surface area contributed by atoms with E-state index >= 15 is 0 Å². The number of aromatic nitrogens is 4. The van der Waals surface area contributed by atoms with Crippen molar-refractivity contribution >= 4 is 34.2 Å². The van der Waals surface area contributed by atoms with Gasteiger partial charge >= 0.3 is 0 Å². The van der Waals surface area contributed by atoms with E-state index in [0.29, 0.717) is 24.0 Å². The maximum absolute atomic E-state index is 5.86. The minimum absolute atomic E-state index is 0.316. The fourth-order valence-electron chi connectivity index (χ4n) is 3.49. The van der Waals surface area contributed by atoms with E-state index in [4.69, 9.17) is 9.47 Å². The fraction of sp³-hybridized carbons (Fsp3) is 0.333. The zero-order chi connectivity index (χ0) is 22.3. The van der Waals surface area contributed by atoms with Crippen molar-refractivity contribution in [3.8, 4) is 11.5 Å². The highest BCUT2D eigenvalue weighted by molar-refractivity contribution is 6.03. The second-order valence-electron chi connectivity index (χ2n) is 7.70. The summed E-state index contributed by atoms with van der Waals surface area (Å²) in [5.41, 5.74) is 7.26. The van der Waals surface area contributed by atoms with Crippen molar-refractivity contribution in [3.05, 3.63) is 47.5 Å². The summed E-state index contributed by atoms with van der Waals surface area (Å²) in [5.74, 6) is 1.73. The van der Waals surface area contributed by atoms with Gasteiger partial charge in [0.15, 0.2) is 17.1 Å². The minimum Gasteiger partial charge on any atom is -0.493 e. The number of aromatic amines is 1. The Morgan fingerprint density at radius 2 is 1.97 bits per heavy atom. The first-order valence-corrected chi connectivity index (χ1v) is 10.9. The third-order valence-corrected chi connectivity index (χ3v) is 5.19. The molecule has 32 heavy (non-hydrogen) atoms. The van der Waals surface area contributed by atoms with E-state index in [1.807, 2.05) is 37.3 Å². The predicted octanol–water partition coefficient (Wildman–Crippen LogP) is 5.23. The molecule has 8 nitrogen and oxygen atoms in total. The molecule has 2 aromatic carbocycles. The molecule has 0 saturated heterocycles. The highest BCUT2D eigenvalue weighted by Crippen LogP contribution is 2.28. The summed E-state index contributed by atoms with van der Waals surface area (Å²) < 4.78 is 11.3. The molecule has 0 saturated carbocycles. The standard InChI is InChI=1S/C24H28N6O2/c1-4-5-6-7-12-32-20-11-9-17(14-21(20)31-3)15-25-29-24-27-23-22(28-30-24)18-13-16(2)8-10-19(18)26-23/h8-11,13-15H,4-7,12H2,1-3H3,(H2,26,27,29,30)/b25-15+. The lowest BCUT2D eigenvalue weighted by Gasteiger charge is -2.11. The Bertz CT molecular complexity index is 1230. The minimum atomic E-state index is 0.316. The lowest BCUT2D eigenvalue weighted by Crippen LogP contribution is -2.01. The number of benzene rings is 2. The number of fused-ring (bicyclic) bond motifs is 3. The number of methoxy groups -OCH3 is 1. The van der Waals surface area contributed by atoms with Crippen molar-refractivity contribution in [2.75, 3.05) is 19.1 Å². The first-order chi connectivity index (χ1) is 15.7. The Morgan fingerprint density at radius 3 is 2.81 bits per heavy atom. The van der Waals surface area contributed by atoms with Crippen LogP contribution in [0.4, 0.5) is 5.95 Å². The van der Waals surface area contributed by atoms with Gasteiger partial charge in [0.05, 0.1) is 19.9 Å². The molecule has 2 aromatic heterocycles. The van der Waals surface area contributed by atoms with Crippen LogP contribution < -0.4 is 14.9 Å². The molecule has 4 aromatic rings. The molecule has 0 aliphatic rings. The summed E-state index contributed by atoms with van der Waals surface area (Å²) in [4.78, 5) is 7.74. The summed E-state index contributed by atoms with van der Waals surface area (Å²) in [6.07, 6.45) is 6.33. The first kappa shape index (κ1) is 21.5. The molecule has 2 N–H and O–H groups in total. The Morgan fingerprint density at radius 1 is 1.06 bits per heavy atom. The Kier molecular flexibility index (Phi) is 6.79. The topological polar surface area (TPSA) is 97.3 Å². The smallest absolute Gasteiger partial charge is 0.265 e. The number of ether oxygens (including phenoxy) is 2. The Hall–Kier alpha value is -3.68. The molecular weight excluding hydrogens is 404 g/mol. The summed E-state index contributed by atoms with van der Waals surface area (Å²) in [6, 6.07) is 11.8. The van der Waals surface area contributed by atoms with Gasteiger partial charge in [-0.2, -0.15) is 10.1 Å². The van der Waals surface area contributed by atoms with Gasteiger partial charge in [0.2, 0.25) is 0 Å². The van der Waals surface area contributed by atoms with E-state index in [2.05, 4.69) is 43.7 Å². The summed E-state index contributed by atoms with van der Waals surface area (Å²) >= 11 is 0. The van der Waals surface area contributed by atoms with Crippen LogP contribution in [0.3, 0.4) is 0 Å². The first-order valence-electron chi connectivity index (χ1n) is 10.9. The van der Waals surface area contributed by atoms with Crippen molar-refractivity contribution in [1.29, 1.82) is 0 Å². The average molecular weight is 433 g/mol. The second kappa shape index (κ2) is 10.1. The number of unbranched alkanes of at least 4 members (excludes halogenated alkanes) is 3. The van der Waals surface area contributed by atoms with Crippen LogP contribution in [0.2, 0.25) is 0 Å². The average Bonchev–Trinajstić information content (AvgIpc) is 3.16. The van der Waals surface area contributed by atoms with Crippen molar-refractivity contribution in [2.45, 2.75) is 39.5 Å². The lowest BCUT2D eigenvalue weighted by atomic mass is 10.2. The third kappa shape index (κ3) is 4.96. The Balaban J connectivity index is 1.41. The number of nitrogens with one attached hydrogen (secondary N) is 2. The molecule has 2 heterocycles. The van der Waals surface area contributed by atoms with E-state index in [9.17, 15) is 0 Å². The maximum atomic E-state index is 5.86. The maximum Gasteiger partial charge on any atom is 0.265 e. The van der Waals surface area contributed by atoms with Crippen LogP contribution in [0.25, 0.3) is 22.1 Å². The van der Waals surface area contributed by atoms with Gasteiger partial charge in [-0.25, -0.2) is 5.43 Å². The molecule has 0 spiro atoms. The molecule has 0 unspecified atom stereocenters. The second-order valence-corrected chi connectivity index (χ2v) is 7.70. The highest BCUT2D eigenvalue weighted by Gasteiger charge is 2.09. The van der Waals surface area contributed by atoms with E-state index in [-0.39, 0.29) is 0 Å². The summed E-state index contributed by atoms with van der Waals surface area (Å²) in [5, 5.41) is 13.7. The van der Waals surface area contributed by atoms with Crippen LogP contribution in [0.1, 0.15) is 43.7 Å². The van der Waals surface area contributed by atoms with Crippen LogP contribution in [0.5, 0.6) is 11.5 Å². The molecule has 4 rings (SSSR count). The molecule has 0 aliphatic heterocycles. The van der Waals surface area contributed by atoms with Crippen LogP contribution in [-0.4, -0.2) is 40.1 Å². The van der Waals surface area contributed by atoms with E-state index in [0.717, 1.165) is 39.7 Å². The van der Waals surface area contributed by atoms with Crippen LogP contribution >= 0.6 is 0 Å². The number of H-pyrrole nitrogens is 1. The zero-order valence-electron chi connectivity index (χ0n) is 18.7. The molecule has 0 fully saturated rings. The van der Waals surface area contributed by atoms with Crippen molar-refractivity contribution in [3.63, 3.8) is 0 Å². The largest absolute Gasteiger partial charge is 0.493 e. The van der Waals surface area contributed by atoms with Gasteiger partial charge < -0.3 is 14.5 Å². The molecule has 0 aliphatic carbocycles. The molecule has 166 valence electrons. The number of hydrogen-bond acceptors (Lipinski definition) is 7. The number of rotatable bonds is 10. The van der Waals surface area contributed by atoms with E-state index in [1.54, 1.807) is 13.3 Å². The van der Waals surface area contributed by atoms with Gasteiger partial charge in [0, 0.05) is 10.9 Å². The number of hydrazone groups is 1. The van der Waals surface area contributed by atoms with Crippen molar-refractivity contribution in [2.24, 2.45) is 5.10 Å². The van der Waals surface area contributed by atoms with Gasteiger partial charge in [-0.1, -0.05) is 37.8 Å². The van der Waals surface area contributed by atoms with Crippen LogP contribution in [0.15, 0.2) is 41.5 Å². The highest BCUT2D eigenvalue weighted by atomic mass is 16.5. The van der Waals surface area contributed by atoms with E-state index in [1.165, 1.54) is 19.3 Å². The quantitative estimate of drug-likeness (QED) is 0.202. The number of nitrogens with zero attached hydrogens (tertiary/aromatic N) is 4. The third-order valence-electron chi connectivity index (χ3n) is 5.19. The summed E-state index contributed by atoms with van der Waals surface area (Å²) in [6.45, 7) is 4.93. The van der Waals surface area contributed by atoms with E-state index < -0.39 is 0 Å². The Labute approximate surface area is 187 Å². The molecule has 8 heteroatoms. The SMILES string of the molecule is CCCCCCOc1ccc(/C=N/Nc2nnc3c(n2)[nH]c2ccc(C)cc23)cc1OC. The van der Waals surface area contributed by atoms with Gasteiger partial charge in [-0.3, -0.25) is 0 Å². The van der Waals surface area contributed by atoms with Crippen LogP contribution in [0, 0.1) is 6.92 Å². The molecule has 0 atom stereocenters. The monoisotopic (exact) mass is 432 g/mol. The number of aryl methyl sites for hydroxylation is 1. The number of hydrogen-bond donors (Lipinski definition) is 2. The number of anilines is 1. The normalized spacial score (nSPS) is 11.5. The summed E-state index contributed by atoms with van der Waals surface area (Å²) in [7, 11) is 1.63. The zero-order valence-corrected chi connectivity index (χ0v) is 18.7. The molecule has 0 bridgehead atoms. The van der Waals surface area contributed by atoms with Crippen molar-refractivity contribution in [1.82, 2.24) is 20.2 Å². The molecular formula is C24H28N6O2. The van der Waals surface area contributed by atoms with Crippen LogP contribution in [-0.2, 0) is 0 Å². The van der Waals surface area contributed by atoms with Gasteiger partial charge in [0.1, 0.15) is 5.52 Å². The van der Waals surface area contributed by atoms with Gasteiger partial charge in [-0.15, -0.1) is 10.2 Å². The molecule has 0 radical (unpaired) electrons. The molecule has 0 amide bonds. The van der Waals surface area contributed by atoms with Gasteiger partial charge in [0.25, 0.3) is 5.95 Å². The van der Waals surface area contributed by atoms with Gasteiger partial charge in [-0.05, 0) is 49.2 Å². The van der Waals surface area contributed by atoms with Crippen molar-refractivity contribution < 1.29 is 9.47 Å². The predicted molar refractivity (Wildman–Crippen MR) is 128 cm³/mol. The fourth-order valence-corrected chi connectivity index (χ4v) is 3.49.